The number of para-hydroxylation sites is 1. The average molecular weight is 419 g/mol. The van der Waals surface area contributed by atoms with Crippen LogP contribution in [0.5, 0.6) is 11.5 Å². The van der Waals surface area contributed by atoms with Crippen molar-refractivity contribution >= 4 is 26.6 Å². The van der Waals surface area contributed by atoms with Gasteiger partial charge >= 0.3 is 0 Å². The molecule has 0 amide bonds. The van der Waals surface area contributed by atoms with Crippen molar-refractivity contribution in [3.05, 3.63) is 62.8 Å². The van der Waals surface area contributed by atoms with E-state index in [1.807, 2.05) is 19.1 Å². The number of aromatic nitrogens is 1. The highest BCUT2D eigenvalue weighted by Gasteiger charge is 2.37. The molecule has 1 aliphatic heterocycles. The Morgan fingerprint density at radius 3 is 2.77 bits per heavy atom. The Balaban J connectivity index is 2.09. The quantitative estimate of drug-likeness (QED) is 0.591. The van der Waals surface area contributed by atoms with Gasteiger partial charge in [0.1, 0.15) is 34.0 Å². The summed E-state index contributed by atoms with van der Waals surface area (Å²) in [7, 11) is 1.69. The average Bonchev–Trinajstić information content (AvgIpc) is 3.11. The van der Waals surface area contributed by atoms with Gasteiger partial charge in [0.25, 0.3) is 5.56 Å². The summed E-state index contributed by atoms with van der Waals surface area (Å²) in [6.45, 7) is 2.28. The Morgan fingerprint density at radius 1 is 1.33 bits per heavy atom. The number of anilines is 1. The lowest BCUT2D eigenvalue weighted by Gasteiger charge is -2.27. The number of nitrogens with two attached hydrogens (primary N) is 1. The molecule has 9 heteroatoms. The fourth-order valence-corrected chi connectivity index (χ4v) is 4.71. The van der Waals surface area contributed by atoms with Crippen LogP contribution in [-0.2, 0) is 0 Å². The van der Waals surface area contributed by atoms with Crippen LogP contribution in [0.25, 0.3) is 10.2 Å². The number of nitrogens with one attached hydrogen (secondary N) is 2. The second-order valence-electron chi connectivity index (χ2n) is 6.46. The number of aromatic amines is 1. The standard InChI is InChI=1S/C21H17N5O3S/c1-3-28-13-7-5-4-6-10(13)14-11(8-22)19(24)29-17-15(14)20(27)26-16-12(9-23)21(25-2)30-18(16)17/h4-7,14,25H,3,24H2,1-2H3,(H,26,27). The largest absolute Gasteiger partial charge is 0.494 e. The first-order valence-electron chi connectivity index (χ1n) is 9.15. The van der Waals surface area contributed by atoms with E-state index >= 15 is 0 Å². The van der Waals surface area contributed by atoms with Crippen LogP contribution < -0.4 is 26.1 Å². The van der Waals surface area contributed by atoms with Crippen LogP contribution in [0.2, 0.25) is 0 Å². The monoisotopic (exact) mass is 419 g/mol. The summed E-state index contributed by atoms with van der Waals surface area (Å²) in [6, 6.07) is 11.4. The maximum Gasteiger partial charge on any atom is 0.256 e. The Hall–Kier alpha value is -3.95. The SMILES string of the molecule is CCOc1ccccc1C1C(C#N)=C(N)Oc2c1c(=O)[nH]c1c(C#N)c(NC)sc21. The Morgan fingerprint density at radius 2 is 2.10 bits per heavy atom. The number of hydrogen-bond donors (Lipinski definition) is 3. The summed E-state index contributed by atoms with van der Waals surface area (Å²) < 4.78 is 12.1. The molecule has 0 saturated heterocycles. The molecular formula is C21H17N5O3S. The first-order chi connectivity index (χ1) is 14.5. The van der Waals surface area contributed by atoms with E-state index in [1.165, 1.54) is 11.3 Å². The number of allylic oxidation sites excluding steroid dienone is 1. The predicted octanol–water partition coefficient (Wildman–Crippen LogP) is 3.12. The van der Waals surface area contributed by atoms with Crippen LogP contribution in [-0.4, -0.2) is 18.6 Å². The number of thiophene rings is 1. The molecule has 1 atom stereocenters. The zero-order valence-corrected chi connectivity index (χ0v) is 17.0. The maximum atomic E-state index is 13.2. The third-order valence-corrected chi connectivity index (χ3v) is 6.09. The van der Waals surface area contributed by atoms with Gasteiger partial charge in [0.2, 0.25) is 5.88 Å². The van der Waals surface area contributed by atoms with Gasteiger partial charge in [0.05, 0.1) is 28.3 Å². The Kier molecular flexibility index (Phi) is 4.82. The topological polar surface area (TPSA) is 137 Å². The molecule has 1 aliphatic rings. The van der Waals surface area contributed by atoms with Crippen molar-refractivity contribution in [3.63, 3.8) is 0 Å². The van der Waals surface area contributed by atoms with Gasteiger partial charge in [-0.1, -0.05) is 18.2 Å². The minimum absolute atomic E-state index is 0.0777. The molecule has 0 radical (unpaired) electrons. The first-order valence-corrected chi connectivity index (χ1v) is 9.97. The number of fused-ring (bicyclic) bond motifs is 3. The molecule has 4 rings (SSSR count). The summed E-state index contributed by atoms with van der Waals surface area (Å²) >= 11 is 1.27. The molecule has 3 heterocycles. The van der Waals surface area contributed by atoms with Gasteiger partial charge in [-0.15, -0.1) is 11.3 Å². The van der Waals surface area contributed by atoms with Crippen molar-refractivity contribution in [2.75, 3.05) is 19.0 Å². The van der Waals surface area contributed by atoms with E-state index in [4.69, 9.17) is 15.2 Å². The van der Waals surface area contributed by atoms with Crippen LogP contribution in [0.1, 0.15) is 29.5 Å². The molecule has 0 saturated carbocycles. The molecule has 0 spiro atoms. The van der Waals surface area contributed by atoms with E-state index in [1.54, 1.807) is 19.2 Å². The molecule has 0 bridgehead atoms. The van der Waals surface area contributed by atoms with Gasteiger partial charge in [0, 0.05) is 12.6 Å². The van der Waals surface area contributed by atoms with Gasteiger partial charge in [-0.2, -0.15) is 10.5 Å². The van der Waals surface area contributed by atoms with Crippen molar-refractivity contribution in [3.8, 4) is 23.6 Å². The van der Waals surface area contributed by atoms with E-state index in [9.17, 15) is 15.3 Å². The number of ether oxygens (including phenoxy) is 2. The molecule has 3 aromatic rings. The van der Waals surface area contributed by atoms with Crippen LogP contribution in [0.3, 0.4) is 0 Å². The molecule has 0 fully saturated rings. The van der Waals surface area contributed by atoms with E-state index in [0.717, 1.165) is 0 Å². The van der Waals surface area contributed by atoms with E-state index < -0.39 is 11.5 Å². The Bertz CT molecular complexity index is 1340. The summed E-state index contributed by atoms with van der Waals surface area (Å²) in [6.07, 6.45) is 0. The number of rotatable bonds is 4. The fraction of sp³-hybridized carbons (Fsp3) is 0.190. The second-order valence-corrected chi connectivity index (χ2v) is 7.49. The van der Waals surface area contributed by atoms with Gasteiger partial charge < -0.3 is 25.5 Å². The highest BCUT2D eigenvalue weighted by Crippen LogP contribution is 2.48. The van der Waals surface area contributed by atoms with Crippen molar-refractivity contribution in [1.29, 1.82) is 10.5 Å². The molecule has 2 aromatic heterocycles. The highest BCUT2D eigenvalue weighted by molar-refractivity contribution is 7.23. The van der Waals surface area contributed by atoms with Crippen molar-refractivity contribution in [2.24, 2.45) is 5.73 Å². The fourth-order valence-electron chi connectivity index (χ4n) is 3.65. The number of H-pyrrole nitrogens is 1. The van der Waals surface area contributed by atoms with Gasteiger partial charge in [-0.3, -0.25) is 4.79 Å². The lowest BCUT2D eigenvalue weighted by molar-refractivity contribution is 0.334. The lowest BCUT2D eigenvalue weighted by Crippen LogP contribution is -2.28. The second kappa shape index (κ2) is 7.47. The normalized spacial score (nSPS) is 15.1. The van der Waals surface area contributed by atoms with Crippen LogP contribution in [0, 0.1) is 22.7 Å². The molecule has 30 heavy (non-hydrogen) atoms. The third kappa shape index (κ3) is 2.76. The zero-order valence-electron chi connectivity index (χ0n) is 16.2. The number of pyridine rings is 1. The number of hydrogen-bond acceptors (Lipinski definition) is 8. The van der Waals surface area contributed by atoms with Crippen LogP contribution in [0.4, 0.5) is 5.00 Å². The molecule has 8 nitrogen and oxygen atoms in total. The predicted molar refractivity (Wildman–Crippen MR) is 114 cm³/mol. The van der Waals surface area contributed by atoms with Crippen LogP contribution in [0.15, 0.2) is 40.5 Å². The molecular weight excluding hydrogens is 402 g/mol. The van der Waals surface area contributed by atoms with Gasteiger partial charge in [-0.25, -0.2) is 0 Å². The zero-order chi connectivity index (χ0) is 21.4. The molecule has 4 N–H and O–H groups in total. The van der Waals surface area contributed by atoms with Crippen molar-refractivity contribution in [2.45, 2.75) is 12.8 Å². The van der Waals surface area contributed by atoms with Gasteiger partial charge in [0.15, 0.2) is 5.75 Å². The van der Waals surface area contributed by atoms with E-state index in [-0.39, 0.29) is 22.8 Å². The third-order valence-electron chi connectivity index (χ3n) is 4.89. The number of nitriles is 2. The number of benzene rings is 1. The summed E-state index contributed by atoms with van der Waals surface area (Å²) in [5.41, 5.74) is 7.38. The summed E-state index contributed by atoms with van der Waals surface area (Å²) in [5, 5.41) is 22.9. The van der Waals surface area contributed by atoms with E-state index in [2.05, 4.69) is 22.4 Å². The highest BCUT2D eigenvalue weighted by atomic mass is 32.1. The number of nitrogens with zero attached hydrogens (tertiary/aromatic N) is 2. The summed E-state index contributed by atoms with van der Waals surface area (Å²) in [5.74, 6) is -0.0336. The smallest absolute Gasteiger partial charge is 0.256 e. The lowest BCUT2D eigenvalue weighted by atomic mass is 9.83. The summed E-state index contributed by atoms with van der Waals surface area (Å²) in [4.78, 5) is 16.0. The first kappa shape index (κ1) is 19.4. The maximum absolute atomic E-state index is 13.2. The van der Waals surface area contributed by atoms with E-state index in [0.29, 0.717) is 38.7 Å². The molecule has 1 unspecified atom stereocenters. The minimum Gasteiger partial charge on any atom is -0.494 e. The molecule has 150 valence electrons. The van der Waals surface area contributed by atoms with Crippen molar-refractivity contribution in [1.82, 2.24) is 4.98 Å². The molecule has 0 aliphatic carbocycles. The van der Waals surface area contributed by atoms with Crippen LogP contribution >= 0.6 is 11.3 Å². The minimum atomic E-state index is -0.764. The Labute approximate surface area is 175 Å². The van der Waals surface area contributed by atoms with Gasteiger partial charge in [-0.05, 0) is 13.0 Å². The van der Waals surface area contributed by atoms with Crippen molar-refractivity contribution < 1.29 is 9.47 Å². The molecule has 1 aromatic carbocycles.